The summed E-state index contributed by atoms with van der Waals surface area (Å²) in [4.78, 5) is 24.1. The third-order valence-electron chi connectivity index (χ3n) is 7.25. The molecular formula is C20H26N6O3. The first kappa shape index (κ1) is 18.3. The zero-order valence-corrected chi connectivity index (χ0v) is 16.8. The Morgan fingerprint density at radius 3 is 2.41 bits per heavy atom. The minimum atomic E-state index is -0.557. The second-order valence-corrected chi connectivity index (χ2v) is 9.12. The molecule has 1 N–H and O–H groups in total. The first-order valence-electron chi connectivity index (χ1n) is 10.5. The molecule has 0 spiro atoms. The molecule has 9 nitrogen and oxygen atoms in total. The van der Waals surface area contributed by atoms with Crippen molar-refractivity contribution in [3.63, 3.8) is 0 Å². The molecule has 4 fully saturated rings. The number of carbonyl (C=O) groups excluding carboxylic acids is 1. The topological polar surface area (TPSA) is 108 Å². The smallest absolute Gasteiger partial charge is 0.317 e. The molecular weight excluding hydrogens is 372 g/mol. The van der Waals surface area contributed by atoms with Gasteiger partial charge in [0, 0.05) is 6.54 Å². The predicted octanol–water partition coefficient (Wildman–Crippen LogP) is 3.49. The fraction of sp³-hybridized carbons (Fsp3) is 0.650. The van der Waals surface area contributed by atoms with Crippen LogP contribution >= 0.6 is 0 Å². The van der Waals surface area contributed by atoms with E-state index in [2.05, 4.69) is 15.5 Å². The molecule has 4 aliphatic carbocycles. The average molecular weight is 398 g/mol. The van der Waals surface area contributed by atoms with Crippen LogP contribution in [0.5, 0.6) is 0 Å². The zero-order valence-electron chi connectivity index (χ0n) is 16.8. The van der Waals surface area contributed by atoms with Crippen LogP contribution in [0.1, 0.15) is 61.6 Å². The van der Waals surface area contributed by atoms with Crippen molar-refractivity contribution in [1.29, 1.82) is 0 Å². The van der Waals surface area contributed by atoms with E-state index in [1.807, 2.05) is 13.8 Å². The van der Waals surface area contributed by atoms with E-state index in [9.17, 15) is 14.9 Å². The molecule has 29 heavy (non-hydrogen) atoms. The van der Waals surface area contributed by atoms with Gasteiger partial charge in [-0.1, -0.05) is 0 Å². The number of carbonyl (C=O) groups is 1. The summed E-state index contributed by atoms with van der Waals surface area (Å²) in [6.45, 7) is 4.50. The molecule has 4 aliphatic rings. The van der Waals surface area contributed by atoms with Gasteiger partial charge in [0.1, 0.15) is 6.20 Å². The number of aromatic nitrogens is 4. The first-order chi connectivity index (χ1) is 13.9. The van der Waals surface area contributed by atoms with Gasteiger partial charge in [-0.05, 0) is 70.1 Å². The number of nitrogens with one attached hydrogen (secondary N) is 1. The van der Waals surface area contributed by atoms with E-state index in [1.165, 1.54) is 25.5 Å². The van der Waals surface area contributed by atoms with E-state index in [0.717, 1.165) is 25.0 Å². The summed E-state index contributed by atoms with van der Waals surface area (Å²) >= 11 is 0. The Bertz CT molecular complexity index is 955. The van der Waals surface area contributed by atoms with Crippen molar-refractivity contribution in [2.24, 2.45) is 17.8 Å². The molecule has 9 heteroatoms. The van der Waals surface area contributed by atoms with Crippen molar-refractivity contribution in [2.45, 2.75) is 64.5 Å². The zero-order chi connectivity index (χ0) is 20.3. The molecule has 0 unspecified atom stereocenters. The van der Waals surface area contributed by atoms with E-state index in [4.69, 9.17) is 0 Å². The highest BCUT2D eigenvalue weighted by molar-refractivity contribution is 6.05. The lowest BCUT2D eigenvalue weighted by atomic mass is 9.53. The molecule has 154 valence electrons. The van der Waals surface area contributed by atoms with Crippen LogP contribution in [0.15, 0.2) is 12.4 Å². The van der Waals surface area contributed by atoms with E-state index < -0.39 is 10.8 Å². The lowest BCUT2D eigenvalue weighted by Crippen LogP contribution is -2.52. The summed E-state index contributed by atoms with van der Waals surface area (Å²) in [5.41, 5.74) is 0.855. The number of hydrogen-bond donors (Lipinski definition) is 1. The Kier molecular flexibility index (Phi) is 4.04. The molecule has 2 aromatic heterocycles. The van der Waals surface area contributed by atoms with Crippen LogP contribution in [-0.2, 0) is 12.1 Å². The Morgan fingerprint density at radius 2 is 1.90 bits per heavy atom. The van der Waals surface area contributed by atoms with Crippen molar-refractivity contribution in [1.82, 2.24) is 19.6 Å². The Morgan fingerprint density at radius 1 is 1.28 bits per heavy atom. The molecule has 0 atom stereocenters. The summed E-state index contributed by atoms with van der Waals surface area (Å²) < 4.78 is 3.53. The summed E-state index contributed by atoms with van der Waals surface area (Å²) in [5, 5.41) is 23.2. The highest BCUT2D eigenvalue weighted by Gasteiger charge is 2.53. The van der Waals surface area contributed by atoms with Gasteiger partial charge >= 0.3 is 5.69 Å². The van der Waals surface area contributed by atoms with E-state index >= 15 is 0 Å². The highest BCUT2D eigenvalue weighted by atomic mass is 16.6. The van der Waals surface area contributed by atoms with Crippen molar-refractivity contribution in [3.05, 3.63) is 33.9 Å². The number of nitrogens with zero attached hydrogens (tertiary/aromatic N) is 5. The highest BCUT2D eigenvalue weighted by Crippen LogP contribution is 2.58. The third-order valence-corrected chi connectivity index (χ3v) is 7.25. The van der Waals surface area contributed by atoms with Crippen LogP contribution in [-0.4, -0.2) is 30.4 Å². The molecule has 0 saturated heterocycles. The Balaban J connectivity index is 1.48. The normalized spacial score (nSPS) is 29.9. The van der Waals surface area contributed by atoms with E-state index in [0.29, 0.717) is 30.0 Å². The second kappa shape index (κ2) is 6.40. The van der Waals surface area contributed by atoms with Gasteiger partial charge < -0.3 is 5.32 Å². The van der Waals surface area contributed by atoms with Gasteiger partial charge in [0.15, 0.2) is 0 Å². The molecule has 0 aliphatic heterocycles. The van der Waals surface area contributed by atoms with Gasteiger partial charge in [-0.15, -0.1) is 0 Å². The molecule has 0 radical (unpaired) electrons. The summed E-state index contributed by atoms with van der Waals surface area (Å²) in [5.74, 6) is 1.50. The van der Waals surface area contributed by atoms with Crippen LogP contribution < -0.4 is 5.32 Å². The third kappa shape index (κ3) is 2.86. The minimum absolute atomic E-state index is 0.116. The van der Waals surface area contributed by atoms with Crippen molar-refractivity contribution in [2.75, 3.05) is 5.32 Å². The number of rotatable bonds is 5. The van der Waals surface area contributed by atoms with Gasteiger partial charge in [0.2, 0.25) is 5.69 Å². The molecule has 4 saturated carbocycles. The largest absolute Gasteiger partial charge is 0.320 e. The second-order valence-electron chi connectivity index (χ2n) is 9.12. The van der Waals surface area contributed by atoms with Gasteiger partial charge in [-0.25, -0.2) is 0 Å². The molecule has 4 bridgehead atoms. The number of nitro groups is 1. The lowest BCUT2D eigenvalue weighted by molar-refractivity contribution is -0.385. The van der Waals surface area contributed by atoms with Crippen molar-refractivity contribution in [3.8, 4) is 0 Å². The number of amides is 1. The van der Waals surface area contributed by atoms with E-state index in [1.54, 1.807) is 15.6 Å². The summed E-state index contributed by atoms with van der Waals surface area (Å²) in [6, 6.07) is 0. The molecule has 2 heterocycles. The molecule has 2 aromatic rings. The van der Waals surface area contributed by atoms with Crippen LogP contribution in [0.25, 0.3) is 0 Å². The maximum absolute atomic E-state index is 12.9. The van der Waals surface area contributed by atoms with Crippen LogP contribution in [0.2, 0.25) is 0 Å². The van der Waals surface area contributed by atoms with E-state index in [-0.39, 0.29) is 16.9 Å². The first-order valence-corrected chi connectivity index (χ1v) is 10.5. The SMILES string of the molecule is CCn1ncc(NC(=O)c2nn(C34CC5CC(CC(C5)C3)C4)cc2[N+](=O)[O-])c1C. The summed E-state index contributed by atoms with van der Waals surface area (Å²) in [7, 11) is 0. The molecule has 0 aromatic carbocycles. The predicted molar refractivity (Wildman–Crippen MR) is 106 cm³/mol. The quantitative estimate of drug-likeness (QED) is 0.613. The van der Waals surface area contributed by atoms with Gasteiger partial charge in [0.25, 0.3) is 5.91 Å². The summed E-state index contributed by atoms with van der Waals surface area (Å²) in [6.07, 6.45) is 9.93. The minimum Gasteiger partial charge on any atom is -0.317 e. The van der Waals surface area contributed by atoms with Gasteiger partial charge in [-0.2, -0.15) is 10.2 Å². The fourth-order valence-electron chi connectivity index (χ4n) is 6.32. The van der Waals surface area contributed by atoms with Gasteiger partial charge in [0.05, 0.1) is 28.0 Å². The molecule has 1 amide bonds. The lowest BCUT2D eigenvalue weighted by Gasteiger charge is -2.56. The number of anilines is 1. The maximum Gasteiger partial charge on any atom is 0.320 e. The van der Waals surface area contributed by atoms with Crippen molar-refractivity contribution < 1.29 is 9.72 Å². The standard InChI is InChI=1S/C20H26N6O3/c1-3-24-12(2)16(10-21-24)22-19(27)18-17(26(28)29)11-25(23-18)20-7-13-4-14(8-20)6-15(5-13)9-20/h10-11,13-15H,3-9H2,1-2H3,(H,22,27). The molecule has 6 rings (SSSR count). The van der Waals surface area contributed by atoms with Gasteiger partial charge in [-0.3, -0.25) is 24.3 Å². The maximum atomic E-state index is 12.9. The van der Waals surface area contributed by atoms with Crippen LogP contribution in [0.3, 0.4) is 0 Å². The van der Waals surface area contributed by atoms with Crippen LogP contribution in [0, 0.1) is 34.8 Å². The number of hydrogen-bond acceptors (Lipinski definition) is 5. The number of aryl methyl sites for hydroxylation is 1. The van der Waals surface area contributed by atoms with Crippen molar-refractivity contribution >= 4 is 17.3 Å². The Hall–Kier alpha value is -2.71. The monoisotopic (exact) mass is 398 g/mol. The van der Waals surface area contributed by atoms with Crippen LogP contribution in [0.4, 0.5) is 11.4 Å². The Labute approximate surface area is 168 Å². The average Bonchev–Trinajstić information content (AvgIpc) is 3.26. The fourth-order valence-corrected chi connectivity index (χ4v) is 6.32.